The van der Waals surface area contributed by atoms with Gasteiger partial charge in [-0.15, -0.1) is 0 Å². The van der Waals surface area contributed by atoms with Crippen molar-refractivity contribution >= 4 is 23.2 Å². The van der Waals surface area contributed by atoms with E-state index < -0.39 is 6.23 Å². The van der Waals surface area contributed by atoms with Crippen molar-refractivity contribution < 1.29 is 9.63 Å². The molecule has 21 heavy (non-hydrogen) atoms. The van der Waals surface area contributed by atoms with Gasteiger partial charge >= 0.3 is 0 Å². The number of Topliss-reactive ketones (excluding diaryl/α,β-unsaturated/α-hetero) is 1. The van der Waals surface area contributed by atoms with Gasteiger partial charge in [0, 0.05) is 22.9 Å². The molecule has 0 aliphatic carbocycles. The first kappa shape index (κ1) is 13.7. The fourth-order valence-corrected chi connectivity index (χ4v) is 2.23. The van der Waals surface area contributed by atoms with Crippen LogP contribution in [0.3, 0.4) is 0 Å². The van der Waals surface area contributed by atoms with E-state index in [1.165, 1.54) is 6.92 Å². The summed E-state index contributed by atoms with van der Waals surface area (Å²) in [6.07, 6.45) is 1.05. The van der Waals surface area contributed by atoms with Gasteiger partial charge in [-0.25, -0.2) is 20.3 Å². The maximum atomic E-state index is 11.4. The molecule has 1 unspecified atom stereocenters. The second-order valence-corrected chi connectivity index (χ2v) is 4.93. The highest BCUT2D eigenvalue weighted by Gasteiger charge is 2.23. The molecule has 1 aromatic carbocycles. The number of amidine groups is 1. The number of aliphatic imine (C=N–C) groups is 1. The Morgan fingerprint density at radius 1 is 1.33 bits per heavy atom. The van der Waals surface area contributed by atoms with E-state index in [0.717, 1.165) is 5.56 Å². The maximum absolute atomic E-state index is 11.4. The van der Waals surface area contributed by atoms with Crippen LogP contribution in [0, 0.1) is 0 Å². The van der Waals surface area contributed by atoms with Crippen LogP contribution in [0.25, 0.3) is 0 Å². The molecule has 1 atom stereocenters. The Bertz CT molecular complexity index is 730. The minimum Gasteiger partial charge on any atom is -0.295 e. The summed E-state index contributed by atoms with van der Waals surface area (Å²) in [5.74, 6) is 0.561. The van der Waals surface area contributed by atoms with Gasteiger partial charge in [-0.2, -0.15) is 0 Å². The van der Waals surface area contributed by atoms with Crippen molar-refractivity contribution in [2.45, 2.75) is 13.2 Å². The van der Waals surface area contributed by atoms with Crippen molar-refractivity contribution in [2.75, 3.05) is 0 Å². The summed E-state index contributed by atoms with van der Waals surface area (Å²) in [7, 11) is 0. The number of ketones is 1. The van der Waals surface area contributed by atoms with Crippen molar-refractivity contribution in [3.8, 4) is 0 Å². The van der Waals surface area contributed by atoms with Crippen LogP contribution in [0.5, 0.6) is 0 Å². The number of pyridine rings is 1. The van der Waals surface area contributed by atoms with Crippen molar-refractivity contribution in [1.29, 1.82) is 0 Å². The van der Waals surface area contributed by atoms with Crippen LogP contribution in [0.15, 0.2) is 47.6 Å². The first-order valence-corrected chi connectivity index (χ1v) is 6.74. The summed E-state index contributed by atoms with van der Waals surface area (Å²) in [5.41, 5.74) is 4.86. The topological polar surface area (TPSA) is 63.6 Å². The Labute approximate surface area is 126 Å². The summed E-state index contributed by atoms with van der Waals surface area (Å²) in [6, 6.07) is 10.8. The Morgan fingerprint density at radius 2 is 2.19 bits per heavy atom. The van der Waals surface area contributed by atoms with Gasteiger partial charge in [0.2, 0.25) is 6.23 Å². The zero-order valence-corrected chi connectivity index (χ0v) is 12.0. The Balaban J connectivity index is 1.91. The molecule has 0 amide bonds. The molecule has 0 radical (unpaired) electrons. The molecule has 5 nitrogen and oxygen atoms in total. The third-order valence-electron chi connectivity index (χ3n) is 3.11. The zero-order valence-electron chi connectivity index (χ0n) is 11.2. The lowest BCUT2D eigenvalue weighted by Gasteiger charge is -2.06. The lowest BCUT2D eigenvalue weighted by molar-refractivity contribution is 0.0375. The Morgan fingerprint density at radius 3 is 2.95 bits per heavy atom. The van der Waals surface area contributed by atoms with Gasteiger partial charge in [0.1, 0.15) is 5.15 Å². The van der Waals surface area contributed by atoms with Gasteiger partial charge in [-0.1, -0.05) is 29.8 Å². The number of benzene rings is 1. The molecule has 0 fully saturated rings. The lowest BCUT2D eigenvalue weighted by atomic mass is 10.1. The van der Waals surface area contributed by atoms with E-state index in [4.69, 9.17) is 16.4 Å². The fraction of sp³-hybridized carbons (Fsp3) is 0.133. The average Bonchev–Trinajstić information content (AvgIpc) is 2.97. The number of nitrogens with one attached hydrogen (secondary N) is 1. The van der Waals surface area contributed by atoms with Crippen LogP contribution in [0.4, 0.5) is 0 Å². The highest BCUT2D eigenvalue weighted by Crippen LogP contribution is 2.27. The number of carbonyl (C=O) groups excluding carboxylic acids is 1. The number of hydrogen-bond acceptors (Lipinski definition) is 5. The molecule has 0 saturated carbocycles. The minimum atomic E-state index is -0.554. The normalized spacial score (nSPS) is 17.2. The van der Waals surface area contributed by atoms with Gasteiger partial charge in [0.05, 0.1) is 0 Å². The van der Waals surface area contributed by atoms with Crippen molar-refractivity contribution in [3.63, 3.8) is 0 Å². The van der Waals surface area contributed by atoms with Crippen LogP contribution >= 0.6 is 11.6 Å². The first-order valence-electron chi connectivity index (χ1n) is 6.36. The smallest absolute Gasteiger partial charge is 0.205 e. The van der Waals surface area contributed by atoms with Crippen molar-refractivity contribution in [2.24, 2.45) is 4.99 Å². The summed E-state index contributed by atoms with van der Waals surface area (Å²) in [4.78, 5) is 25.3. The molecule has 1 aliphatic rings. The Hall–Kier alpha value is -2.24. The van der Waals surface area contributed by atoms with E-state index in [1.54, 1.807) is 36.5 Å². The number of nitrogens with zero attached hydrogens (tertiary/aromatic N) is 2. The number of hydroxylamine groups is 1. The quantitative estimate of drug-likeness (QED) is 0.699. The van der Waals surface area contributed by atoms with E-state index >= 15 is 0 Å². The minimum absolute atomic E-state index is 0.00298. The number of rotatable bonds is 3. The monoisotopic (exact) mass is 301 g/mol. The molecule has 0 spiro atoms. The number of halogens is 1. The summed E-state index contributed by atoms with van der Waals surface area (Å²) >= 11 is 6.03. The number of aromatic nitrogens is 1. The molecule has 1 aliphatic heterocycles. The molecular formula is C15H12ClN3O2. The largest absolute Gasteiger partial charge is 0.295 e. The van der Waals surface area contributed by atoms with E-state index in [9.17, 15) is 4.79 Å². The third-order valence-corrected chi connectivity index (χ3v) is 3.43. The standard InChI is InChI=1S/C15H12ClN3O2/c1-9(20)10-4-2-5-11(8-10)14-18-15(21-19-14)12-6-3-7-17-13(12)16/h2-8,15H,1H3,(H,18,19). The zero-order chi connectivity index (χ0) is 14.8. The van der Waals surface area contributed by atoms with E-state index in [1.807, 2.05) is 6.07 Å². The highest BCUT2D eigenvalue weighted by molar-refractivity contribution is 6.30. The molecule has 1 aromatic heterocycles. The lowest BCUT2D eigenvalue weighted by Crippen LogP contribution is -2.18. The molecule has 0 saturated heterocycles. The van der Waals surface area contributed by atoms with E-state index in [2.05, 4.69) is 15.5 Å². The van der Waals surface area contributed by atoms with Crippen molar-refractivity contribution in [1.82, 2.24) is 10.5 Å². The summed E-state index contributed by atoms with van der Waals surface area (Å²) in [5, 5.41) is 0.354. The van der Waals surface area contributed by atoms with Gasteiger partial charge in [-0.05, 0) is 25.1 Å². The molecule has 2 heterocycles. The number of carbonyl (C=O) groups is 1. The summed E-state index contributed by atoms with van der Waals surface area (Å²) in [6.45, 7) is 1.53. The molecule has 3 rings (SSSR count). The first-order chi connectivity index (χ1) is 10.1. The van der Waals surface area contributed by atoms with Crippen LogP contribution in [-0.2, 0) is 4.84 Å². The molecule has 2 aromatic rings. The Kier molecular flexibility index (Phi) is 3.68. The molecule has 6 heteroatoms. The van der Waals surface area contributed by atoms with Gasteiger partial charge < -0.3 is 0 Å². The summed E-state index contributed by atoms with van der Waals surface area (Å²) < 4.78 is 0. The number of hydrogen-bond donors (Lipinski definition) is 1. The maximum Gasteiger partial charge on any atom is 0.205 e. The van der Waals surface area contributed by atoms with Crippen LogP contribution in [-0.4, -0.2) is 16.6 Å². The third kappa shape index (κ3) is 2.79. The van der Waals surface area contributed by atoms with Crippen LogP contribution in [0.2, 0.25) is 5.15 Å². The molecule has 1 N–H and O–H groups in total. The van der Waals surface area contributed by atoms with E-state index in [0.29, 0.717) is 22.1 Å². The van der Waals surface area contributed by atoms with Crippen LogP contribution < -0.4 is 5.48 Å². The second-order valence-electron chi connectivity index (χ2n) is 4.57. The van der Waals surface area contributed by atoms with E-state index in [-0.39, 0.29) is 5.78 Å². The SMILES string of the molecule is CC(=O)c1cccc(C2=NC(c3cccnc3Cl)ON2)c1. The predicted molar refractivity (Wildman–Crippen MR) is 79.2 cm³/mol. The van der Waals surface area contributed by atoms with Crippen LogP contribution in [0.1, 0.15) is 34.6 Å². The fourth-order valence-electron chi connectivity index (χ4n) is 2.02. The van der Waals surface area contributed by atoms with Gasteiger partial charge in [0.25, 0.3) is 0 Å². The molecule has 0 bridgehead atoms. The van der Waals surface area contributed by atoms with Gasteiger partial charge in [-0.3, -0.25) is 4.79 Å². The highest BCUT2D eigenvalue weighted by atomic mass is 35.5. The van der Waals surface area contributed by atoms with Gasteiger partial charge in [0.15, 0.2) is 11.6 Å². The molecular weight excluding hydrogens is 290 g/mol. The molecule has 106 valence electrons. The predicted octanol–water partition coefficient (Wildman–Crippen LogP) is 2.92. The van der Waals surface area contributed by atoms with Crippen molar-refractivity contribution in [3.05, 3.63) is 64.4 Å². The average molecular weight is 302 g/mol. The second kappa shape index (κ2) is 5.63.